The lowest BCUT2D eigenvalue weighted by Gasteiger charge is -2.19. The number of fused-ring (bicyclic) bond motifs is 1. The number of anilines is 1. The van der Waals surface area contributed by atoms with Gasteiger partial charge in [-0.25, -0.2) is 4.39 Å². The highest BCUT2D eigenvalue weighted by molar-refractivity contribution is 5.95. The maximum absolute atomic E-state index is 13.4. The number of amides is 1. The molecule has 0 radical (unpaired) electrons. The van der Waals surface area contributed by atoms with Crippen LogP contribution in [0.25, 0.3) is 10.9 Å². The fourth-order valence-electron chi connectivity index (χ4n) is 3.06. The van der Waals surface area contributed by atoms with Crippen molar-refractivity contribution in [2.24, 2.45) is 0 Å². The SMILES string of the molecule is CC(=O)O[C@@H](Cn1ccc2cc(F)ccc21)C(=O)Nc1ccc(C#N)c(C(F)(F)F)c1. The molecule has 0 unspecified atom stereocenters. The number of hydrogen-bond acceptors (Lipinski definition) is 4. The Morgan fingerprint density at radius 1 is 1.19 bits per heavy atom. The number of nitrogens with one attached hydrogen (secondary N) is 1. The van der Waals surface area contributed by atoms with Crippen LogP contribution < -0.4 is 5.32 Å². The Bertz CT molecular complexity index is 1190. The summed E-state index contributed by atoms with van der Waals surface area (Å²) in [4.78, 5) is 24.1. The van der Waals surface area contributed by atoms with Crippen molar-refractivity contribution in [1.82, 2.24) is 4.57 Å². The van der Waals surface area contributed by atoms with E-state index in [1.54, 1.807) is 16.8 Å². The lowest BCUT2D eigenvalue weighted by Crippen LogP contribution is -2.35. The molecule has 0 bridgehead atoms. The summed E-state index contributed by atoms with van der Waals surface area (Å²) in [6.07, 6.45) is -4.60. The van der Waals surface area contributed by atoms with Crippen molar-refractivity contribution in [2.45, 2.75) is 25.7 Å². The van der Waals surface area contributed by atoms with Crippen LogP contribution in [0.15, 0.2) is 48.7 Å². The molecular formula is C21H15F4N3O3. The Morgan fingerprint density at radius 3 is 2.58 bits per heavy atom. The van der Waals surface area contributed by atoms with Crippen molar-refractivity contribution >= 4 is 28.5 Å². The van der Waals surface area contributed by atoms with E-state index in [1.807, 2.05) is 0 Å². The van der Waals surface area contributed by atoms with Crippen LogP contribution in [0.2, 0.25) is 0 Å². The van der Waals surface area contributed by atoms with Gasteiger partial charge in [-0.3, -0.25) is 9.59 Å². The van der Waals surface area contributed by atoms with E-state index >= 15 is 0 Å². The summed E-state index contributed by atoms with van der Waals surface area (Å²) in [6.45, 7) is 0.940. The van der Waals surface area contributed by atoms with E-state index in [0.29, 0.717) is 17.0 Å². The number of rotatable bonds is 5. The third kappa shape index (κ3) is 5.01. The zero-order chi connectivity index (χ0) is 22.8. The molecule has 6 nitrogen and oxygen atoms in total. The Hall–Kier alpha value is -3.87. The van der Waals surface area contributed by atoms with Crippen molar-refractivity contribution < 1.29 is 31.9 Å². The van der Waals surface area contributed by atoms with Gasteiger partial charge in [0, 0.05) is 29.7 Å². The van der Waals surface area contributed by atoms with Crippen LogP contribution >= 0.6 is 0 Å². The van der Waals surface area contributed by atoms with Gasteiger partial charge in [0.25, 0.3) is 5.91 Å². The van der Waals surface area contributed by atoms with Gasteiger partial charge in [0.1, 0.15) is 5.82 Å². The molecule has 0 saturated carbocycles. The number of carbonyl (C=O) groups is 2. The van der Waals surface area contributed by atoms with Crippen LogP contribution in [-0.4, -0.2) is 22.5 Å². The lowest BCUT2D eigenvalue weighted by molar-refractivity contribution is -0.152. The highest BCUT2D eigenvalue weighted by atomic mass is 19.4. The molecule has 0 aliphatic carbocycles. The molecule has 2 aromatic carbocycles. The molecule has 3 rings (SSSR count). The molecule has 0 aliphatic rings. The minimum absolute atomic E-state index is 0.150. The van der Waals surface area contributed by atoms with E-state index in [1.165, 1.54) is 24.3 Å². The number of aromatic nitrogens is 1. The number of ether oxygens (including phenoxy) is 1. The average Bonchev–Trinajstić information content (AvgIpc) is 3.08. The van der Waals surface area contributed by atoms with E-state index in [-0.39, 0.29) is 12.2 Å². The second-order valence-corrected chi connectivity index (χ2v) is 6.63. The van der Waals surface area contributed by atoms with Crippen molar-refractivity contribution in [1.29, 1.82) is 5.26 Å². The van der Waals surface area contributed by atoms with Crippen LogP contribution in [0.3, 0.4) is 0 Å². The van der Waals surface area contributed by atoms with E-state index in [9.17, 15) is 27.2 Å². The van der Waals surface area contributed by atoms with Gasteiger partial charge >= 0.3 is 12.1 Å². The van der Waals surface area contributed by atoms with Crippen LogP contribution in [0.1, 0.15) is 18.1 Å². The minimum atomic E-state index is -4.79. The Balaban J connectivity index is 1.87. The van der Waals surface area contributed by atoms with E-state index in [2.05, 4.69) is 5.32 Å². The molecule has 1 aromatic heterocycles. The number of carbonyl (C=O) groups excluding carboxylic acids is 2. The molecule has 1 atom stereocenters. The first kappa shape index (κ1) is 21.8. The molecule has 0 saturated heterocycles. The molecule has 3 aromatic rings. The van der Waals surface area contributed by atoms with Crippen molar-refractivity contribution in [3.63, 3.8) is 0 Å². The molecule has 0 aliphatic heterocycles. The highest BCUT2D eigenvalue weighted by Crippen LogP contribution is 2.33. The molecule has 1 N–H and O–H groups in total. The number of alkyl halides is 3. The molecule has 0 fully saturated rings. The summed E-state index contributed by atoms with van der Waals surface area (Å²) in [5.74, 6) is -2.07. The summed E-state index contributed by atoms with van der Waals surface area (Å²) < 4.78 is 59.4. The van der Waals surface area contributed by atoms with Gasteiger partial charge in [-0.05, 0) is 42.5 Å². The zero-order valence-electron chi connectivity index (χ0n) is 16.0. The van der Waals surface area contributed by atoms with Crippen LogP contribution in [0.4, 0.5) is 23.2 Å². The number of benzene rings is 2. The number of nitrogens with zero attached hydrogens (tertiary/aromatic N) is 2. The fourth-order valence-corrected chi connectivity index (χ4v) is 3.06. The van der Waals surface area contributed by atoms with Crippen molar-refractivity contribution in [2.75, 3.05) is 5.32 Å². The Morgan fingerprint density at radius 2 is 1.94 bits per heavy atom. The molecule has 1 heterocycles. The number of hydrogen-bond donors (Lipinski definition) is 1. The van der Waals surface area contributed by atoms with Gasteiger partial charge in [0.05, 0.1) is 23.7 Å². The largest absolute Gasteiger partial charge is 0.450 e. The van der Waals surface area contributed by atoms with Crippen LogP contribution in [-0.2, 0) is 27.0 Å². The summed E-state index contributed by atoms with van der Waals surface area (Å²) in [7, 11) is 0. The van der Waals surface area contributed by atoms with E-state index < -0.39 is 41.1 Å². The molecule has 10 heteroatoms. The molecule has 1 amide bonds. The summed E-state index contributed by atoms with van der Waals surface area (Å²) in [5.41, 5.74) is -1.43. The van der Waals surface area contributed by atoms with Gasteiger partial charge in [-0.2, -0.15) is 18.4 Å². The minimum Gasteiger partial charge on any atom is -0.450 e. The standard InChI is InChI=1S/C21H15F4N3O3/c1-12(29)31-19(11-28-7-6-13-8-15(22)3-5-18(13)28)20(30)27-16-4-2-14(10-26)17(9-16)21(23,24)25/h2-9,19H,11H2,1H3,(H,27,30)/t19-/m0/s1. The number of halogens is 4. The molecule has 160 valence electrons. The molecule has 0 spiro atoms. The first-order valence-electron chi connectivity index (χ1n) is 8.92. The number of nitriles is 1. The van der Waals surface area contributed by atoms with Crippen molar-refractivity contribution in [3.05, 3.63) is 65.6 Å². The van der Waals surface area contributed by atoms with Gasteiger partial charge in [0.2, 0.25) is 0 Å². The Labute approximate surface area is 173 Å². The molecule has 31 heavy (non-hydrogen) atoms. The Kier molecular flexibility index (Phi) is 5.97. The van der Waals surface area contributed by atoms with Crippen LogP contribution in [0, 0.1) is 17.1 Å². The fraction of sp³-hybridized carbons (Fsp3) is 0.190. The lowest BCUT2D eigenvalue weighted by atomic mass is 10.1. The topological polar surface area (TPSA) is 84.1 Å². The van der Waals surface area contributed by atoms with Crippen molar-refractivity contribution in [3.8, 4) is 6.07 Å². The van der Waals surface area contributed by atoms with Gasteiger partial charge in [-0.15, -0.1) is 0 Å². The second-order valence-electron chi connectivity index (χ2n) is 6.63. The zero-order valence-corrected chi connectivity index (χ0v) is 16.0. The highest BCUT2D eigenvalue weighted by Gasteiger charge is 2.34. The normalized spacial score (nSPS) is 12.3. The third-order valence-electron chi connectivity index (χ3n) is 4.41. The van der Waals surface area contributed by atoms with E-state index in [0.717, 1.165) is 19.1 Å². The average molecular weight is 433 g/mol. The summed E-state index contributed by atoms with van der Waals surface area (Å²) in [6, 6.07) is 9.79. The predicted molar refractivity (Wildman–Crippen MR) is 102 cm³/mol. The molecular weight excluding hydrogens is 418 g/mol. The second kappa shape index (κ2) is 8.47. The maximum atomic E-state index is 13.4. The smallest absolute Gasteiger partial charge is 0.417 e. The monoisotopic (exact) mass is 433 g/mol. The van der Waals surface area contributed by atoms with Gasteiger partial charge < -0.3 is 14.6 Å². The third-order valence-corrected chi connectivity index (χ3v) is 4.41. The van der Waals surface area contributed by atoms with E-state index in [4.69, 9.17) is 10.00 Å². The quantitative estimate of drug-likeness (QED) is 0.482. The first-order valence-corrected chi connectivity index (χ1v) is 8.92. The number of esters is 1. The van der Waals surface area contributed by atoms with Crippen LogP contribution in [0.5, 0.6) is 0 Å². The predicted octanol–water partition coefficient (Wildman–Crippen LogP) is 4.24. The maximum Gasteiger partial charge on any atom is 0.417 e. The summed E-state index contributed by atoms with van der Waals surface area (Å²) >= 11 is 0. The van der Waals surface area contributed by atoms with Gasteiger partial charge in [-0.1, -0.05) is 0 Å². The summed E-state index contributed by atoms with van der Waals surface area (Å²) in [5, 5.41) is 11.7. The van der Waals surface area contributed by atoms with Gasteiger partial charge in [0.15, 0.2) is 6.10 Å². The first-order chi connectivity index (χ1) is 14.6.